The zero-order chi connectivity index (χ0) is 25.2. The predicted molar refractivity (Wildman–Crippen MR) is 124 cm³/mol. The highest BCUT2D eigenvalue weighted by Gasteiger charge is 2.54. The molecule has 0 spiro atoms. The minimum absolute atomic E-state index is 0.114. The van der Waals surface area contributed by atoms with Crippen LogP contribution in [-0.4, -0.2) is 84.1 Å². The second-order valence-corrected chi connectivity index (χ2v) is 10.7. The van der Waals surface area contributed by atoms with Crippen LogP contribution in [0, 0.1) is 0 Å². The zero-order valence-corrected chi connectivity index (χ0v) is 20.6. The molecule has 34 heavy (non-hydrogen) atoms. The Kier molecular flexibility index (Phi) is 7.91. The van der Waals surface area contributed by atoms with Crippen LogP contribution in [0.25, 0.3) is 0 Å². The third kappa shape index (κ3) is 5.90. The third-order valence-electron chi connectivity index (χ3n) is 5.27. The highest BCUT2D eigenvalue weighted by Crippen LogP contribution is 2.42. The van der Waals surface area contributed by atoms with Crippen molar-refractivity contribution >= 4 is 47.1 Å². The molecule has 2 aliphatic rings. The van der Waals surface area contributed by atoms with Crippen molar-refractivity contribution in [2.45, 2.75) is 30.0 Å². The number of nitrogens with zero attached hydrogens (tertiary/aromatic N) is 2. The molecule has 1 saturated heterocycles. The number of benzene rings is 1. The first kappa shape index (κ1) is 26.0. The van der Waals surface area contributed by atoms with Gasteiger partial charge in [0.05, 0.1) is 26.2 Å². The average Bonchev–Trinajstić information content (AvgIpc) is 2.75. The van der Waals surface area contributed by atoms with E-state index in [1.165, 1.54) is 16.7 Å². The number of carbonyl (C=O) groups is 4. The number of esters is 1. The van der Waals surface area contributed by atoms with Crippen molar-refractivity contribution in [1.82, 2.24) is 10.2 Å². The fourth-order valence-corrected chi connectivity index (χ4v) is 5.32. The number of hydrogen-bond acceptors (Lipinski definition) is 8. The monoisotopic (exact) mass is 510 g/mol. The van der Waals surface area contributed by atoms with Gasteiger partial charge in [0.25, 0.3) is 5.91 Å². The van der Waals surface area contributed by atoms with E-state index in [1.807, 2.05) is 21.1 Å². The molecule has 0 radical (unpaired) electrons. The van der Waals surface area contributed by atoms with Gasteiger partial charge in [-0.1, -0.05) is 41.9 Å². The number of β-lactam (4-membered cyclic amide) rings is 1. The van der Waals surface area contributed by atoms with Gasteiger partial charge in [-0.3, -0.25) is 14.5 Å². The highest BCUT2D eigenvalue weighted by atomic mass is 35.5. The number of aliphatic carboxylic acids is 1. The molecule has 0 saturated carbocycles. The average molecular weight is 511 g/mol. The first-order valence-corrected chi connectivity index (χ1v) is 12.0. The number of nitrogens with one attached hydrogen (secondary N) is 1. The van der Waals surface area contributed by atoms with Crippen LogP contribution in [0.1, 0.15) is 18.0 Å². The second-order valence-electron chi connectivity index (χ2n) is 9.11. The molecule has 1 aromatic rings. The first-order chi connectivity index (χ1) is 15.9. The lowest BCUT2D eigenvalue weighted by Crippen LogP contribution is -2.71. The van der Waals surface area contributed by atoms with E-state index in [9.17, 15) is 24.3 Å². The fourth-order valence-electron chi connectivity index (χ4n) is 3.77. The first-order valence-electron chi connectivity index (χ1n) is 10.5. The molecular weight excluding hydrogens is 484 g/mol. The molecule has 2 amide bonds. The molecular formula is C22H27ClN4O6S. The Labute approximate surface area is 206 Å². The molecule has 3 rings (SSSR count). The number of carboxylic acids is 1. The van der Waals surface area contributed by atoms with Gasteiger partial charge in [-0.15, -0.1) is 11.8 Å². The molecule has 1 aromatic carbocycles. The lowest BCUT2D eigenvalue weighted by molar-refractivity contribution is -0.873. The summed E-state index contributed by atoms with van der Waals surface area (Å²) in [6, 6.07) is 6.90. The summed E-state index contributed by atoms with van der Waals surface area (Å²) in [7, 11) is 5.46. The molecule has 4 atom stereocenters. The van der Waals surface area contributed by atoms with E-state index in [4.69, 9.17) is 22.1 Å². The molecule has 0 aliphatic carbocycles. The summed E-state index contributed by atoms with van der Waals surface area (Å²) in [5.74, 6) is -3.08. The molecule has 3 N–H and O–H groups in total. The van der Waals surface area contributed by atoms with Gasteiger partial charge in [0.2, 0.25) is 5.91 Å². The van der Waals surface area contributed by atoms with E-state index in [0.717, 1.165) is 0 Å². The predicted octanol–water partition coefficient (Wildman–Crippen LogP) is -0.705. The van der Waals surface area contributed by atoms with Gasteiger partial charge in [0, 0.05) is 18.1 Å². The number of ether oxygens (including phenoxy) is 1. The van der Waals surface area contributed by atoms with Gasteiger partial charge < -0.3 is 30.2 Å². The lowest BCUT2D eigenvalue weighted by Gasteiger charge is -2.49. The number of fused-ring (bicyclic) bond motifs is 1. The van der Waals surface area contributed by atoms with Crippen molar-refractivity contribution in [3.8, 4) is 0 Å². The van der Waals surface area contributed by atoms with E-state index >= 15 is 0 Å². The van der Waals surface area contributed by atoms with Gasteiger partial charge in [0.15, 0.2) is 6.10 Å². The summed E-state index contributed by atoms with van der Waals surface area (Å²) in [4.78, 5) is 50.8. The van der Waals surface area contributed by atoms with Crippen molar-refractivity contribution in [3.05, 3.63) is 46.6 Å². The van der Waals surface area contributed by atoms with Crippen LogP contribution in [0.3, 0.4) is 0 Å². The molecule has 12 heteroatoms. The van der Waals surface area contributed by atoms with Crippen LogP contribution in [0.15, 0.2) is 41.1 Å². The number of nitrogens with two attached hydrogens (primary N) is 1. The summed E-state index contributed by atoms with van der Waals surface area (Å²) in [5.41, 5.74) is 6.48. The number of thioether (sulfide) groups is 1. The van der Waals surface area contributed by atoms with E-state index in [2.05, 4.69) is 5.32 Å². The second kappa shape index (κ2) is 10.3. The Bertz CT molecular complexity index is 1010. The van der Waals surface area contributed by atoms with Gasteiger partial charge in [0.1, 0.15) is 29.7 Å². The number of carboxylic acid groups (broad SMARTS) is 1. The van der Waals surface area contributed by atoms with E-state index in [-0.39, 0.29) is 23.0 Å². The number of likely N-dealkylation sites (N-methyl/N-ethyl adjacent to an activating group) is 1. The van der Waals surface area contributed by atoms with E-state index < -0.39 is 53.7 Å². The van der Waals surface area contributed by atoms with Gasteiger partial charge in [-0.2, -0.15) is 0 Å². The van der Waals surface area contributed by atoms with Crippen LogP contribution in [-0.2, 0) is 23.9 Å². The SMILES string of the molecule is C[N+](C)(C)CC(CC(=O)[O-])OC(=O)C1=C(Cl)CS[C@@H]2[C@H](NC(=O)[C@H](N)c3ccccc3)C(=O)N12. The Hall–Kier alpha value is -2.60. The molecule has 1 unspecified atom stereocenters. The topological polar surface area (TPSA) is 142 Å². The zero-order valence-electron chi connectivity index (χ0n) is 19.0. The van der Waals surface area contributed by atoms with Crippen molar-refractivity contribution in [2.24, 2.45) is 5.73 Å². The standard InChI is InChI=1S/C22H27ClN4O6S/c1-27(2,3)10-13(9-15(28)29)33-22(32)18-14(23)11-34-21-17(20(31)26(18)21)25-19(30)16(24)12-7-5-4-6-8-12/h4-8,13,16-17,21H,9-11,24H2,1-3H3,(H-,25,28,29,30)/t13?,16-,17-,21-/m1/s1. The van der Waals surface area contributed by atoms with Crippen LogP contribution in [0.4, 0.5) is 0 Å². The molecule has 1 fully saturated rings. The molecule has 0 aromatic heterocycles. The number of quaternary nitrogens is 1. The van der Waals surface area contributed by atoms with Crippen molar-refractivity contribution < 1.29 is 33.5 Å². The Balaban J connectivity index is 1.70. The van der Waals surface area contributed by atoms with Gasteiger partial charge in [-0.05, 0) is 5.56 Å². The van der Waals surface area contributed by atoms with Crippen LogP contribution >= 0.6 is 23.4 Å². The third-order valence-corrected chi connectivity index (χ3v) is 7.02. The van der Waals surface area contributed by atoms with Crippen molar-refractivity contribution in [1.29, 1.82) is 0 Å². The van der Waals surface area contributed by atoms with Crippen LogP contribution in [0.5, 0.6) is 0 Å². The summed E-state index contributed by atoms with van der Waals surface area (Å²) in [6.45, 7) is 0.215. The van der Waals surface area contributed by atoms with Crippen LogP contribution < -0.4 is 16.2 Å². The van der Waals surface area contributed by atoms with Gasteiger partial charge >= 0.3 is 5.97 Å². The maximum atomic E-state index is 12.9. The van der Waals surface area contributed by atoms with E-state index in [0.29, 0.717) is 10.0 Å². The van der Waals surface area contributed by atoms with Crippen molar-refractivity contribution in [2.75, 3.05) is 33.4 Å². The number of halogens is 1. The number of amides is 2. The molecule has 184 valence electrons. The fraction of sp³-hybridized carbons (Fsp3) is 0.455. The highest BCUT2D eigenvalue weighted by molar-refractivity contribution is 8.00. The maximum absolute atomic E-state index is 12.9. The maximum Gasteiger partial charge on any atom is 0.356 e. The summed E-state index contributed by atoms with van der Waals surface area (Å²) in [5, 5.41) is 13.3. The minimum Gasteiger partial charge on any atom is -0.550 e. The summed E-state index contributed by atoms with van der Waals surface area (Å²) >= 11 is 7.56. The van der Waals surface area contributed by atoms with Crippen LogP contribution in [0.2, 0.25) is 0 Å². The number of carbonyl (C=O) groups excluding carboxylic acids is 4. The lowest BCUT2D eigenvalue weighted by atomic mass is 10.0. The molecule has 0 bridgehead atoms. The Morgan fingerprint density at radius 1 is 1.29 bits per heavy atom. The van der Waals surface area contributed by atoms with E-state index in [1.54, 1.807) is 30.3 Å². The number of rotatable bonds is 9. The summed E-state index contributed by atoms with van der Waals surface area (Å²) < 4.78 is 5.77. The smallest absolute Gasteiger partial charge is 0.356 e. The quantitative estimate of drug-likeness (QED) is 0.252. The summed E-state index contributed by atoms with van der Waals surface area (Å²) in [6.07, 6.45) is -1.47. The largest absolute Gasteiger partial charge is 0.550 e. The van der Waals surface area contributed by atoms with Crippen molar-refractivity contribution in [3.63, 3.8) is 0 Å². The Morgan fingerprint density at radius 3 is 2.53 bits per heavy atom. The number of hydrogen-bond donors (Lipinski definition) is 2. The Morgan fingerprint density at radius 2 is 1.94 bits per heavy atom. The minimum atomic E-state index is -1.36. The normalized spacial score (nSPS) is 21.8. The molecule has 2 heterocycles. The molecule has 10 nitrogen and oxygen atoms in total. The molecule has 2 aliphatic heterocycles. The van der Waals surface area contributed by atoms with Gasteiger partial charge in [-0.25, -0.2) is 4.79 Å².